The molecule has 0 saturated carbocycles. The Hall–Kier alpha value is -1.99. The summed E-state index contributed by atoms with van der Waals surface area (Å²) in [5.41, 5.74) is 4.97. The summed E-state index contributed by atoms with van der Waals surface area (Å²) in [5, 5.41) is 0.294. The second kappa shape index (κ2) is 8.33. The molecule has 0 aliphatic rings. The summed E-state index contributed by atoms with van der Waals surface area (Å²) in [6.45, 7) is -0.245. The summed E-state index contributed by atoms with van der Waals surface area (Å²) in [5.74, 6) is -1.73. The Morgan fingerprint density at radius 3 is 1.86 bits per heavy atom. The molecule has 2 N–H and O–H groups in total. The van der Waals surface area contributed by atoms with Crippen molar-refractivity contribution in [2.24, 2.45) is 5.73 Å². The van der Waals surface area contributed by atoms with E-state index in [1.165, 1.54) is 14.2 Å². The maximum atomic E-state index is 13.3. The van der Waals surface area contributed by atoms with Gasteiger partial charge in [-0.15, -0.1) is 0 Å². The van der Waals surface area contributed by atoms with Crippen molar-refractivity contribution in [3.8, 4) is 11.5 Å². The van der Waals surface area contributed by atoms with Crippen LogP contribution >= 0.6 is 11.6 Å². The van der Waals surface area contributed by atoms with Crippen LogP contribution in [0.15, 0.2) is 24.5 Å². The molecular formula is C13H14ClF2N3O2. The zero-order valence-corrected chi connectivity index (χ0v) is 12.2. The van der Waals surface area contributed by atoms with Gasteiger partial charge in [0.15, 0.2) is 23.1 Å². The molecule has 1 heterocycles. The molecule has 21 heavy (non-hydrogen) atoms. The maximum absolute atomic E-state index is 13.3. The molecule has 0 saturated heterocycles. The van der Waals surface area contributed by atoms with Gasteiger partial charge < -0.3 is 15.2 Å². The van der Waals surface area contributed by atoms with E-state index in [9.17, 15) is 8.78 Å². The second-order valence-electron chi connectivity index (χ2n) is 3.61. The lowest BCUT2D eigenvalue weighted by Gasteiger charge is -2.10. The third-order valence-corrected chi connectivity index (χ3v) is 2.60. The highest BCUT2D eigenvalue weighted by molar-refractivity contribution is 6.28. The van der Waals surface area contributed by atoms with Crippen LogP contribution in [0.2, 0.25) is 5.28 Å². The first-order valence-electron chi connectivity index (χ1n) is 5.76. The zero-order valence-electron chi connectivity index (χ0n) is 11.4. The van der Waals surface area contributed by atoms with E-state index in [0.717, 1.165) is 6.07 Å². The van der Waals surface area contributed by atoms with Crippen molar-refractivity contribution in [1.82, 2.24) is 9.97 Å². The average Bonchev–Trinajstić information content (AvgIpc) is 2.49. The molecule has 0 radical (unpaired) electrons. The van der Waals surface area contributed by atoms with Gasteiger partial charge in [0.25, 0.3) is 0 Å². The molecule has 0 atom stereocenters. The zero-order chi connectivity index (χ0) is 15.8. The Bertz CT molecular complexity index is 557. The molecule has 0 aliphatic heterocycles. The predicted octanol–water partition coefficient (Wildman–Crippen LogP) is 2.57. The standard InChI is InChI=1S/C9H11F2NO2.C4H3ClN2/c1-13-6-3-7(14-2)9(11)5(4-12)8(6)10;5-4-6-2-1-3-7-4/h3H,4,12H2,1-2H3;1-3H. The van der Waals surface area contributed by atoms with Crippen molar-refractivity contribution in [2.75, 3.05) is 14.2 Å². The van der Waals surface area contributed by atoms with Crippen LogP contribution in [0.25, 0.3) is 0 Å². The van der Waals surface area contributed by atoms with Crippen LogP contribution in [0.5, 0.6) is 11.5 Å². The number of benzene rings is 1. The van der Waals surface area contributed by atoms with Crippen LogP contribution in [0.4, 0.5) is 8.78 Å². The van der Waals surface area contributed by atoms with Crippen molar-refractivity contribution in [3.05, 3.63) is 47.0 Å². The number of aromatic nitrogens is 2. The Labute approximate surface area is 125 Å². The number of nitrogens with two attached hydrogens (primary N) is 1. The minimum atomic E-state index is -0.784. The van der Waals surface area contributed by atoms with Gasteiger partial charge >= 0.3 is 0 Å². The average molecular weight is 318 g/mol. The van der Waals surface area contributed by atoms with Crippen LogP contribution in [0.3, 0.4) is 0 Å². The fourth-order valence-electron chi connectivity index (χ4n) is 1.40. The molecular weight excluding hydrogens is 304 g/mol. The van der Waals surface area contributed by atoms with E-state index in [1.54, 1.807) is 18.5 Å². The first kappa shape index (κ1) is 17.1. The lowest BCUT2D eigenvalue weighted by molar-refractivity contribution is 0.353. The monoisotopic (exact) mass is 317 g/mol. The Balaban J connectivity index is 0.000000262. The SMILES string of the molecule is COc1cc(OC)c(F)c(CN)c1F.Clc1ncccn1. The van der Waals surface area contributed by atoms with E-state index in [1.807, 2.05) is 0 Å². The van der Waals surface area contributed by atoms with Crippen molar-refractivity contribution in [2.45, 2.75) is 6.54 Å². The number of halogens is 3. The van der Waals surface area contributed by atoms with Crippen LogP contribution in [-0.4, -0.2) is 24.2 Å². The Morgan fingerprint density at radius 2 is 1.57 bits per heavy atom. The Kier molecular flexibility index (Phi) is 6.77. The summed E-state index contributed by atoms with van der Waals surface area (Å²) < 4.78 is 36.1. The summed E-state index contributed by atoms with van der Waals surface area (Å²) in [4.78, 5) is 7.27. The minimum Gasteiger partial charge on any atom is -0.494 e. The van der Waals surface area contributed by atoms with Gasteiger partial charge in [-0.1, -0.05) is 0 Å². The molecule has 1 aromatic carbocycles. The van der Waals surface area contributed by atoms with E-state index in [4.69, 9.17) is 26.8 Å². The summed E-state index contributed by atoms with van der Waals surface area (Å²) in [6, 6.07) is 2.86. The Morgan fingerprint density at radius 1 is 1.10 bits per heavy atom. The number of ether oxygens (including phenoxy) is 2. The normalized spacial score (nSPS) is 9.62. The molecule has 0 amide bonds. The molecule has 0 fully saturated rings. The third-order valence-electron chi connectivity index (χ3n) is 2.40. The molecule has 0 spiro atoms. The quantitative estimate of drug-likeness (QED) is 0.881. The van der Waals surface area contributed by atoms with Gasteiger partial charge in [0.2, 0.25) is 5.28 Å². The molecule has 2 rings (SSSR count). The van der Waals surface area contributed by atoms with Crippen molar-refractivity contribution < 1.29 is 18.3 Å². The van der Waals surface area contributed by atoms with E-state index >= 15 is 0 Å². The highest BCUT2D eigenvalue weighted by Gasteiger charge is 2.18. The number of rotatable bonds is 3. The lowest BCUT2D eigenvalue weighted by Crippen LogP contribution is -2.06. The number of methoxy groups -OCH3 is 2. The highest BCUT2D eigenvalue weighted by Crippen LogP contribution is 2.30. The second-order valence-corrected chi connectivity index (χ2v) is 3.95. The third kappa shape index (κ3) is 4.51. The van der Waals surface area contributed by atoms with Gasteiger partial charge in [-0.25, -0.2) is 18.7 Å². The molecule has 1 aromatic heterocycles. The molecule has 0 aliphatic carbocycles. The van der Waals surface area contributed by atoms with Crippen LogP contribution in [-0.2, 0) is 6.54 Å². The number of nitrogens with zero attached hydrogens (tertiary/aromatic N) is 2. The van der Waals surface area contributed by atoms with Crippen molar-refractivity contribution in [1.29, 1.82) is 0 Å². The largest absolute Gasteiger partial charge is 0.494 e. The van der Waals surface area contributed by atoms with E-state index in [2.05, 4.69) is 9.97 Å². The molecule has 0 unspecified atom stereocenters. The molecule has 114 valence electrons. The van der Waals surface area contributed by atoms with Gasteiger partial charge in [0.1, 0.15) is 0 Å². The molecule has 0 bridgehead atoms. The van der Waals surface area contributed by atoms with Gasteiger partial charge in [-0.05, 0) is 17.7 Å². The lowest BCUT2D eigenvalue weighted by atomic mass is 10.1. The van der Waals surface area contributed by atoms with Crippen LogP contribution < -0.4 is 15.2 Å². The highest BCUT2D eigenvalue weighted by atomic mass is 35.5. The van der Waals surface area contributed by atoms with Crippen LogP contribution in [0.1, 0.15) is 5.56 Å². The summed E-state index contributed by atoms with van der Waals surface area (Å²) >= 11 is 5.32. The number of hydrogen-bond donors (Lipinski definition) is 1. The van der Waals surface area contributed by atoms with E-state index < -0.39 is 11.6 Å². The first-order chi connectivity index (χ1) is 10.0. The fourth-order valence-corrected chi connectivity index (χ4v) is 1.51. The van der Waals surface area contributed by atoms with Crippen molar-refractivity contribution in [3.63, 3.8) is 0 Å². The fraction of sp³-hybridized carbons (Fsp3) is 0.231. The smallest absolute Gasteiger partial charge is 0.222 e. The predicted molar refractivity (Wildman–Crippen MR) is 74.4 cm³/mol. The summed E-state index contributed by atoms with van der Waals surface area (Å²) in [7, 11) is 2.58. The summed E-state index contributed by atoms with van der Waals surface area (Å²) in [6.07, 6.45) is 3.19. The molecule has 2 aromatic rings. The number of hydrogen-bond acceptors (Lipinski definition) is 5. The minimum absolute atomic E-state index is 0.0799. The van der Waals surface area contributed by atoms with Gasteiger partial charge in [0, 0.05) is 30.6 Å². The molecule has 5 nitrogen and oxygen atoms in total. The maximum Gasteiger partial charge on any atom is 0.222 e. The van der Waals surface area contributed by atoms with E-state index in [-0.39, 0.29) is 23.6 Å². The van der Waals surface area contributed by atoms with Gasteiger partial charge in [-0.2, -0.15) is 0 Å². The van der Waals surface area contributed by atoms with E-state index in [0.29, 0.717) is 5.28 Å². The topological polar surface area (TPSA) is 70.3 Å². The first-order valence-corrected chi connectivity index (χ1v) is 6.14. The van der Waals surface area contributed by atoms with Crippen molar-refractivity contribution >= 4 is 11.6 Å². The van der Waals surface area contributed by atoms with Gasteiger partial charge in [-0.3, -0.25) is 0 Å². The molecule has 8 heteroatoms. The van der Waals surface area contributed by atoms with Gasteiger partial charge in [0.05, 0.1) is 14.2 Å². The van der Waals surface area contributed by atoms with Crippen LogP contribution in [0, 0.1) is 11.6 Å².